The summed E-state index contributed by atoms with van der Waals surface area (Å²) in [6.45, 7) is 1.20. The van der Waals surface area contributed by atoms with E-state index >= 15 is 0 Å². The van der Waals surface area contributed by atoms with Gasteiger partial charge in [-0.15, -0.1) is 0 Å². The highest BCUT2D eigenvalue weighted by Gasteiger charge is 2.42. The highest BCUT2D eigenvalue weighted by Crippen LogP contribution is 2.35. The van der Waals surface area contributed by atoms with Crippen molar-refractivity contribution in [3.63, 3.8) is 0 Å². The Morgan fingerprint density at radius 2 is 2.11 bits per heavy atom. The number of pyridine rings is 1. The smallest absolute Gasteiger partial charge is 0.294 e. The monoisotopic (exact) mass is 260 g/mol. The Morgan fingerprint density at radius 1 is 1.44 bits per heavy atom. The normalized spacial score (nSPS) is 13.8. The predicted molar refractivity (Wildman–Crippen MR) is 55.9 cm³/mol. The Bertz CT molecular complexity index is 603. The van der Waals surface area contributed by atoms with Gasteiger partial charge < -0.3 is 0 Å². The molecule has 0 fully saturated rings. The number of halogens is 4. The van der Waals surface area contributed by atoms with Gasteiger partial charge in [0.25, 0.3) is 6.30 Å². The van der Waals surface area contributed by atoms with Gasteiger partial charge in [-0.05, 0) is 19.1 Å². The van der Waals surface area contributed by atoms with Gasteiger partial charge in [0.1, 0.15) is 5.65 Å². The van der Waals surface area contributed by atoms with Crippen LogP contribution >= 0.6 is 0 Å². The van der Waals surface area contributed by atoms with Crippen LogP contribution < -0.4 is 0 Å². The molecular weight excluding hydrogens is 252 g/mol. The first kappa shape index (κ1) is 12.5. The molecule has 0 radical (unpaired) electrons. The van der Waals surface area contributed by atoms with Crippen LogP contribution in [0.1, 0.15) is 23.6 Å². The maximum atomic E-state index is 13.3. The Hall–Kier alpha value is -1.92. The van der Waals surface area contributed by atoms with Crippen molar-refractivity contribution in [1.29, 1.82) is 0 Å². The first-order valence-electron chi connectivity index (χ1n) is 4.99. The van der Waals surface area contributed by atoms with Crippen LogP contribution in [0.3, 0.4) is 0 Å². The van der Waals surface area contributed by atoms with E-state index < -0.39 is 18.3 Å². The highest BCUT2D eigenvalue weighted by atomic mass is 19.4. The van der Waals surface area contributed by atoms with Gasteiger partial charge in [-0.1, -0.05) is 0 Å². The molecule has 0 saturated carbocycles. The van der Waals surface area contributed by atoms with Crippen LogP contribution in [-0.2, 0) is 0 Å². The largest absolute Gasteiger partial charge is 0.439 e. The number of hydrogen-bond donors (Lipinski definition) is 0. The minimum Gasteiger partial charge on any atom is -0.294 e. The van der Waals surface area contributed by atoms with E-state index in [1.807, 2.05) is 0 Å². The van der Waals surface area contributed by atoms with E-state index in [4.69, 9.17) is 0 Å². The fourth-order valence-electron chi connectivity index (χ4n) is 1.69. The van der Waals surface area contributed by atoms with Crippen LogP contribution in [0, 0.1) is 0 Å². The molecule has 1 atom stereocenters. The molecule has 3 nitrogen and oxygen atoms in total. The summed E-state index contributed by atoms with van der Waals surface area (Å²) in [6.07, 6.45) is -6.18. The van der Waals surface area contributed by atoms with E-state index in [2.05, 4.69) is 4.98 Å². The van der Waals surface area contributed by atoms with Crippen LogP contribution in [0.4, 0.5) is 17.6 Å². The molecule has 2 aromatic heterocycles. The lowest BCUT2D eigenvalue weighted by Gasteiger charge is -2.14. The molecule has 2 heterocycles. The number of aromatic nitrogens is 2. The van der Waals surface area contributed by atoms with Crippen molar-refractivity contribution in [1.82, 2.24) is 9.55 Å². The van der Waals surface area contributed by atoms with Crippen molar-refractivity contribution in [3.05, 3.63) is 30.1 Å². The van der Waals surface area contributed by atoms with Crippen molar-refractivity contribution in [3.8, 4) is 0 Å². The summed E-state index contributed by atoms with van der Waals surface area (Å²) in [5, 5.41) is 0.205. The Morgan fingerprint density at radius 3 is 2.67 bits per heavy atom. The van der Waals surface area contributed by atoms with Crippen LogP contribution in [-0.4, -0.2) is 21.5 Å². The second-order valence-electron chi connectivity index (χ2n) is 3.76. The second-order valence-corrected chi connectivity index (χ2v) is 3.76. The van der Waals surface area contributed by atoms with Crippen molar-refractivity contribution < 1.29 is 22.4 Å². The molecule has 7 heteroatoms. The SMILES string of the molecule is CC(=O)c1cn(C(F)C(F)(F)F)c2ncccc12. The first-order chi connectivity index (χ1) is 8.32. The number of ketones is 1. The fourth-order valence-corrected chi connectivity index (χ4v) is 1.69. The summed E-state index contributed by atoms with van der Waals surface area (Å²) in [6, 6.07) is 2.90. The van der Waals surface area contributed by atoms with Crippen molar-refractivity contribution in [2.75, 3.05) is 0 Å². The third-order valence-corrected chi connectivity index (χ3v) is 2.48. The van der Waals surface area contributed by atoms with E-state index in [9.17, 15) is 22.4 Å². The fraction of sp³-hybridized carbons (Fsp3) is 0.273. The van der Waals surface area contributed by atoms with Gasteiger partial charge in [0.15, 0.2) is 5.78 Å². The van der Waals surface area contributed by atoms with E-state index in [1.165, 1.54) is 25.3 Å². The second kappa shape index (κ2) is 4.08. The van der Waals surface area contributed by atoms with Crippen molar-refractivity contribution in [2.24, 2.45) is 0 Å². The maximum Gasteiger partial charge on any atom is 0.439 e. The number of carbonyl (C=O) groups is 1. The molecule has 0 N–H and O–H groups in total. The number of hydrogen-bond acceptors (Lipinski definition) is 2. The minimum atomic E-state index is -5.04. The zero-order valence-corrected chi connectivity index (χ0v) is 9.20. The Balaban J connectivity index is 2.69. The summed E-state index contributed by atoms with van der Waals surface area (Å²) >= 11 is 0. The van der Waals surface area contributed by atoms with Gasteiger partial charge in [0, 0.05) is 23.3 Å². The molecule has 0 aliphatic heterocycles. The molecule has 96 valence electrons. The van der Waals surface area contributed by atoms with Crippen LogP contribution in [0.5, 0.6) is 0 Å². The molecule has 0 aromatic carbocycles. The molecule has 18 heavy (non-hydrogen) atoms. The molecule has 0 bridgehead atoms. The number of fused-ring (bicyclic) bond motifs is 1. The molecular formula is C11H8F4N2O. The summed E-state index contributed by atoms with van der Waals surface area (Å²) in [5.41, 5.74) is -0.183. The molecule has 0 spiro atoms. The van der Waals surface area contributed by atoms with Crippen molar-refractivity contribution >= 4 is 16.8 Å². The number of Topliss-reactive ketones (excluding diaryl/α,β-unsaturated/α-hetero) is 1. The lowest BCUT2D eigenvalue weighted by Crippen LogP contribution is -2.22. The van der Waals surface area contributed by atoms with Gasteiger partial charge in [-0.3, -0.25) is 9.36 Å². The summed E-state index contributed by atoms with van der Waals surface area (Å²) in [5.74, 6) is -0.443. The molecule has 2 aromatic rings. The Kier molecular flexibility index (Phi) is 2.84. The minimum absolute atomic E-state index is 0.0185. The van der Waals surface area contributed by atoms with Gasteiger partial charge >= 0.3 is 6.18 Å². The van der Waals surface area contributed by atoms with Gasteiger partial charge in [0.2, 0.25) is 0 Å². The molecule has 0 amide bonds. The summed E-state index contributed by atoms with van der Waals surface area (Å²) in [7, 11) is 0. The predicted octanol–water partition coefficient (Wildman–Crippen LogP) is 3.27. The third-order valence-electron chi connectivity index (χ3n) is 2.48. The molecule has 0 aliphatic carbocycles. The van der Waals surface area contributed by atoms with E-state index in [1.54, 1.807) is 0 Å². The summed E-state index contributed by atoms with van der Waals surface area (Å²) in [4.78, 5) is 15.0. The van der Waals surface area contributed by atoms with Gasteiger partial charge in [-0.2, -0.15) is 13.2 Å². The third kappa shape index (κ3) is 1.96. The first-order valence-corrected chi connectivity index (χ1v) is 4.99. The lowest BCUT2D eigenvalue weighted by atomic mass is 10.2. The standard InChI is InChI=1S/C11H8F4N2O/c1-6(18)8-5-17(10(12)11(13,14)15)9-7(8)3-2-4-16-9/h2-5,10H,1H3. The van der Waals surface area contributed by atoms with Gasteiger partial charge in [-0.25, -0.2) is 9.37 Å². The molecule has 0 aliphatic rings. The lowest BCUT2D eigenvalue weighted by molar-refractivity contribution is -0.203. The molecule has 0 saturated heterocycles. The molecule has 1 unspecified atom stereocenters. The zero-order chi connectivity index (χ0) is 13.5. The number of rotatable bonds is 2. The number of nitrogens with zero attached hydrogens (tertiary/aromatic N) is 2. The average Bonchev–Trinajstić information content (AvgIpc) is 2.66. The van der Waals surface area contributed by atoms with E-state index in [0.29, 0.717) is 4.57 Å². The summed E-state index contributed by atoms with van der Waals surface area (Å²) < 4.78 is 50.8. The quantitative estimate of drug-likeness (QED) is 0.613. The number of alkyl halides is 4. The van der Waals surface area contributed by atoms with Gasteiger partial charge in [0.05, 0.1) is 0 Å². The topological polar surface area (TPSA) is 34.9 Å². The number of carbonyl (C=O) groups excluding carboxylic acids is 1. The van der Waals surface area contributed by atoms with Crippen molar-refractivity contribution in [2.45, 2.75) is 19.4 Å². The van der Waals surface area contributed by atoms with Crippen LogP contribution in [0.15, 0.2) is 24.5 Å². The van der Waals surface area contributed by atoms with Crippen LogP contribution in [0.2, 0.25) is 0 Å². The highest BCUT2D eigenvalue weighted by molar-refractivity contribution is 6.06. The zero-order valence-electron chi connectivity index (χ0n) is 9.20. The van der Waals surface area contributed by atoms with Crippen LogP contribution in [0.25, 0.3) is 11.0 Å². The average molecular weight is 260 g/mol. The Labute approximate surface area is 99.0 Å². The molecule has 2 rings (SSSR count). The van der Waals surface area contributed by atoms with E-state index in [-0.39, 0.29) is 16.6 Å². The van der Waals surface area contributed by atoms with E-state index in [0.717, 1.165) is 6.20 Å². The maximum absolute atomic E-state index is 13.3.